The number of rotatable bonds is 5. The van der Waals surface area contributed by atoms with Gasteiger partial charge in [-0.25, -0.2) is 0 Å². The number of nitrogens with zero attached hydrogens (tertiary/aromatic N) is 1. The molecule has 0 aliphatic heterocycles. The lowest BCUT2D eigenvalue weighted by Crippen LogP contribution is -2.42. The van der Waals surface area contributed by atoms with Gasteiger partial charge in [0.25, 0.3) is 10.0 Å². The second-order valence-electron chi connectivity index (χ2n) is 4.35. The van der Waals surface area contributed by atoms with Crippen LogP contribution in [0.15, 0.2) is 53.4 Å². The molecule has 1 amide bonds. The fourth-order valence-electron chi connectivity index (χ4n) is 1.73. The Morgan fingerprint density at radius 1 is 1.05 bits per heavy atom. The van der Waals surface area contributed by atoms with Gasteiger partial charge in [-0.1, -0.05) is 17.7 Å². The first-order chi connectivity index (χ1) is 9.95. The molecule has 0 atom stereocenters. The van der Waals surface area contributed by atoms with Crippen LogP contribution in [0.2, 0.25) is 0 Å². The van der Waals surface area contributed by atoms with Crippen molar-refractivity contribution in [2.45, 2.75) is 11.8 Å². The molecule has 7 heteroatoms. The summed E-state index contributed by atoms with van der Waals surface area (Å²) in [7, 11) is -3.94. The molecule has 0 aliphatic rings. The van der Waals surface area contributed by atoms with Crippen LogP contribution in [0.25, 0.3) is 0 Å². The molecule has 2 rings (SSSR count). The highest BCUT2D eigenvalue weighted by molar-refractivity contribution is 7.92. The number of aryl methyl sites for hydroxylation is 1. The number of hydrogen-bond donors (Lipinski definition) is 2. The van der Waals surface area contributed by atoms with E-state index in [1.165, 1.54) is 36.4 Å². The first kappa shape index (κ1) is 14.9. The average molecular weight is 306 g/mol. The Kier molecular flexibility index (Phi) is 4.13. The molecule has 0 fully saturated rings. The van der Waals surface area contributed by atoms with Gasteiger partial charge in [0.15, 0.2) is 0 Å². The summed E-state index contributed by atoms with van der Waals surface area (Å²) in [4.78, 5) is 10.8. The first-order valence-electron chi connectivity index (χ1n) is 6.06. The van der Waals surface area contributed by atoms with Gasteiger partial charge in [-0.3, -0.25) is 10.2 Å². The Morgan fingerprint density at radius 3 is 2.14 bits per heavy atom. The molecule has 0 saturated heterocycles. The van der Waals surface area contributed by atoms with Crippen LogP contribution in [-0.4, -0.2) is 19.9 Å². The van der Waals surface area contributed by atoms with E-state index in [0.29, 0.717) is 0 Å². The van der Waals surface area contributed by atoms with Crippen LogP contribution in [-0.2, 0) is 14.8 Å². The van der Waals surface area contributed by atoms with E-state index in [1.54, 1.807) is 12.1 Å². The number of benzene rings is 2. The number of anilines is 1. The quantitative estimate of drug-likeness (QED) is 0.648. The molecule has 0 aromatic heterocycles. The Labute approximate surface area is 122 Å². The molecule has 0 bridgehead atoms. The van der Waals surface area contributed by atoms with Gasteiger partial charge in [0.1, 0.15) is 5.75 Å². The van der Waals surface area contributed by atoms with Gasteiger partial charge in [-0.2, -0.15) is 12.8 Å². The molecule has 0 heterocycles. The first-order valence-corrected chi connectivity index (χ1v) is 7.50. The lowest BCUT2D eigenvalue weighted by molar-refractivity contribution is -0.109. The summed E-state index contributed by atoms with van der Waals surface area (Å²) in [5.74, 6) is -0.00228. The highest BCUT2D eigenvalue weighted by Gasteiger charge is 2.24. The molecule has 2 aromatic rings. The zero-order valence-corrected chi connectivity index (χ0v) is 12.0. The number of sulfonamides is 1. The maximum Gasteiger partial charge on any atom is 0.281 e. The maximum absolute atomic E-state index is 12.6. The fourth-order valence-corrected chi connectivity index (χ4v) is 3.01. The zero-order chi connectivity index (χ0) is 15.5. The second-order valence-corrected chi connectivity index (χ2v) is 6.13. The van der Waals surface area contributed by atoms with Crippen molar-refractivity contribution in [3.63, 3.8) is 0 Å². The largest absolute Gasteiger partial charge is 0.508 e. The molecular weight excluding hydrogens is 292 g/mol. The van der Waals surface area contributed by atoms with E-state index in [-0.39, 0.29) is 22.7 Å². The minimum absolute atomic E-state index is 0.00228. The van der Waals surface area contributed by atoms with Crippen LogP contribution in [0.4, 0.5) is 5.69 Å². The zero-order valence-electron chi connectivity index (χ0n) is 11.2. The van der Waals surface area contributed by atoms with Crippen LogP contribution in [0.5, 0.6) is 5.75 Å². The predicted octanol–water partition coefficient (Wildman–Crippen LogP) is 1.56. The molecule has 0 unspecified atom stereocenters. The topological polar surface area (TPSA) is 86.7 Å². The third kappa shape index (κ3) is 3.14. The van der Waals surface area contributed by atoms with E-state index in [4.69, 9.17) is 0 Å². The lowest BCUT2D eigenvalue weighted by Gasteiger charge is -2.22. The summed E-state index contributed by atoms with van der Waals surface area (Å²) in [6.45, 7) is 1.85. The Morgan fingerprint density at radius 2 is 1.62 bits per heavy atom. The van der Waals surface area contributed by atoms with E-state index in [0.717, 1.165) is 9.98 Å². The minimum atomic E-state index is -3.94. The molecule has 0 saturated carbocycles. The van der Waals surface area contributed by atoms with Gasteiger partial charge in [-0.05, 0) is 43.3 Å². The summed E-state index contributed by atoms with van der Waals surface area (Å²) in [5.41, 5.74) is 3.29. The standard InChI is InChI=1S/C14H14N2O4S/c1-11-2-8-14(9-3-11)21(19,20)16(15-10-17)12-4-6-13(18)7-5-12/h2-10,18H,1H3,(H,15,17). The van der Waals surface area contributed by atoms with E-state index in [1.807, 2.05) is 6.92 Å². The van der Waals surface area contributed by atoms with Crippen molar-refractivity contribution in [1.82, 2.24) is 5.43 Å². The highest BCUT2D eigenvalue weighted by atomic mass is 32.2. The van der Waals surface area contributed by atoms with Crippen molar-refractivity contribution >= 4 is 22.1 Å². The van der Waals surface area contributed by atoms with Crippen molar-refractivity contribution in [2.24, 2.45) is 0 Å². The number of carbonyl (C=O) groups is 1. The Balaban J connectivity index is 2.47. The number of amides is 1. The number of phenols is 1. The highest BCUT2D eigenvalue weighted by Crippen LogP contribution is 2.23. The van der Waals surface area contributed by atoms with E-state index in [9.17, 15) is 18.3 Å². The number of aromatic hydroxyl groups is 1. The molecule has 0 spiro atoms. The van der Waals surface area contributed by atoms with Gasteiger partial charge < -0.3 is 5.11 Å². The Bertz CT molecular complexity index is 725. The second kappa shape index (κ2) is 5.84. The maximum atomic E-state index is 12.6. The number of hydrogen-bond acceptors (Lipinski definition) is 4. The number of phenolic OH excluding ortho intramolecular Hbond substituents is 1. The summed E-state index contributed by atoms with van der Waals surface area (Å²) in [6, 6.07) is 11.7. The van der Waals surface area contributed by atoms with Gasteiger partial charge in [0.2, 0.25) is 6.41 Å². The van der Waals surface area contributed by atoms with Crippen molar-refractivity contribution in [3.8, 4) is 5.75 Å². The van der Waals surface area contributed by atoms with Gasteiger partial charge in [-0.15, -0.1) is 0 Å². The third-order valence-electron chi connectivity index (χ3n) is 2.81. The predicted molar refractivity (Wildman–Crippen MR) is 78.2 cm³/mol. The number of nitrogens with one attached hydrogen (secondary N) is 1. The third-order valence-corrected chi connectivity index (χ3v) is 4.48. The fraction of sp³-hybridized carbons (Fsp3) is 0.0714. The molecule has 21 heavy (non-hydrogen) atoms. The Hall–Kier alpha value is -2.54. The van der Waals surface area contributed by atoms with Gasteiger partial charge in [0.05, 0.1) is 10.6 Å². The molecule has 2 aromatic carbocycles. The van der Waals surface area contributed by atoms with Crippen molar-refractivity contribution in [2.75, 3.05) is 4.41 Å². The molecule has 0 aliphatic carbocycles. The van der Waals surface area contributed by atoms with E-state index >= 15 is 0 Å². The summed E-state index contributed by atoms with van der Waals surface area (Å²) < 4.78 is 25.9. The van der Waals surface area contributed by atoms with E-state index in [2.05, 4.69) is 5.43 Å². The van der Waals surface area contributed by atoms with Crippen molar-refractivity contribution in [1.29, 1.82) is 0 Å². The van der Waals surface area contributed by atoms with Crippen LogP contribution in [0, 0.1) is 6.92 Å². The van der Waals surface area contributed by atoms with Crippen LogP contribution in [0.1, 0.15) is 5.56 Å². The van der Waals surface area contributed by atoms with Crippen molar-refractivity contribution in [3.05, 3.63) is 54.1 Å². The van der Waals surface area contributed by atoms with Crippen LogP contribution >= 0.6 is 0 Å². The van der Waals surface area contributed by atoms with Gasteiger partial charge >= 0.3 is 0 Å². The average Bonchev–Trinajstić information content (AvgIpc) is 2.46. The SMILES string of the molecule is Cc1ccc(S(=O)(=O)N(NC=O)c2ccc(O)cc2)cc1. The summed E-state index contributed by atoms with van der Waals surface area (Å²) in [6.07, 6.45) is 0.276. The molecular formula is C14H14N2O4S. The monoisotopic (exact) mass is 306 g/mol. The molecule has 110 valence electrons. The molecule has 0 radical (unpaired) electrons. The van der Waals surface area contributed by atoms with Crippen LogP contribution < -0.4 is 9.84 Å². The van der Waals surface area contributed by atoms with Crippen molar-refractivity contribution < 1.29 is 18.3 Å². The summed E-state index contributed by atoms with van der Waals surface area (Å²) in [5, 5.41) is 9.26. The van der Waals surface area contributed by atoms with Gasteiger partial charge in [0, 0.05) is 0 Å². The van der Waals surface area contributed by atoms with E-state index < -0.39 is 10.0 Å². The number of hydrazine groups is 1. The minimum Gasteiger partial charge on any atom is -0.508 e. The summed E-state index contributed by atoms with van der Waals surface area (Å²) >= 11 is 0. The number of carbonyl (C=O) groups excluding carboxylic acids is 1. The smallest absolute Gasteiger partial charge is 0.281 e. The lowest BCUT2D eigenvalue weighted by atomic mass is 10.2. The molecule has 2 N–H and O–H groups in total. The molecule has 6 nitrogen and oxygen atoms in total. The van der Waals surface area contributed by atoms with Crippen LogP contribution in [0.3, 0.4) is 0 Å². The normalized spacial score (nSPS) is 10.9.